The first-order valence-corrected chi connectivity index (χ1v) is 14.4. The Labute approximate surface area is 244 Å². The lowest BCUT2D eigenvalue weighted by Gasteiger charge is -2.32. The number of aryl methyl sites for hydroxylation is 1. The molecule has 4 aromatic rings. The van der Waals surface area contributed by atoms with E-state index in [1.54, 1.807) is 24.4 Å². The molecule has 6 rings (SSSR count). The zero-order valence-corrected chi connectivity index (χ0v) is 23.9. The second-order valence-electron chi connectivity index (χ2n) is 11.2. The van der Waals surface area contributed by atoms with Gasteiger partial charge in [0.15, 0.2) is 5.65 Å². The maximum atomic E-state index is 13.0. The number of likely N-dealkylation sites (tertiary alicyclic amines) is 1. The second-order valence-corrected chi connectivity index (χ2v) is 11.2. The van der Waals surface area contributed by atoms with Gasteiger partial charge in [-0.15, -0.1) is 0 Å². The third-order valence-corrected chi connectivity index (χ3v) is 7.97. The summed E-state index contributed by atoms with van der Waals surface area (Å²) in [6.07, 6.45) is 11.0. The Bertz CT molecular complexity index is 1640. The largest absolute Gasteiger partial charge is 0.383 e. The standard InChI is InChI=1S/C31H35N9O2/c1-20-13-14-33-25(17-20)36-31(42)22-9-7-21(8-10-22)28-27-29(32)34-19-35-30(27)40(37-28)24-5-3-16-39(18-24)26(41)6-4-15-38(2)23-11-12-23/h4,6-10,13-14,17,19,23-24H,3,5,11-12,15-16,18H2,1-2H3,(H2,32,34,35)(H,33,36,42). The molecular weight excluding hydrogens is 530 g/mol. The lowest BCUT2D eigenvalue weighted by Crippen LogP contribution is -2.40. The number of hydrogen-bond donors (Lipinski definition) is 2. The number of carbonyl (C=O) groups is 2. The van der Waals surface area contributed by atoms with E-state index in [1.807, 2.05) is 46.8 Å². The van der Waals surface area contributed by atoms with Crippen LogP contribution in [-0.4, -0.2) is 79.1 Å². The Morgan fingerprint density at radius 3 is 2.69 bits per heavy atom. The van der Waals surface area contributed by atoms with Crippen molar-refractivity contribution in [3.8, 4) is 11.3 Å². The van der Waals surface area contributed by atoms with Crippen LogP contribution in [0, 0.1) is 6.92 Å². The lowest BCUT2D eigenvalue weighted by atomic mass is 10.1. The van der Waals surface area contributed by atoms with Crippen molar-refractivity contribution in [1.29, 1.82) is 0 Å². The van der Waals surface area contributed by atoms with E-state index in [0.29, 0.717) is 53.1 Å². The predicted molar refractivity (Wildman–Crippen MR) is 162 cm³/mol. The number of nitrogens with zero attached hydrogens (tertiary/aromatic N) is 7. The molecule has 1 saturated heterocycles. The minimum atomic E-state index is -0.252. The van der Waals surface area contributed by atoms with Crippen molar-refractivity contribution in [3.63, 3.8) is 0 Å². The van der Waals surface area contributed by atoms with Gasteiger partial charge in [0.25, 0.3) is 5.91 Å². The fraction of sp³-hybridized carbons (Fsp3) is 0.355. The van der Waals surface area contributed by atoms with Crippen LogP contribution in [-0.2, 0) is 4.79 Å². The van der Waals surface area contributed by atoms with Gasteiger partial charge in [-0.1, -0.05) is 18.2 Å². The topological polar surface area (TPSA) is 135 Å². The van der Waals surface area contributed by atoms with Gasteiger partial charge >= 0.3 is 0 Å². The number of piperidine rings is 1. The number of rotatable bonds is 8. The molecule has 3 N–H and O–H groups in total. The quantitative estimate of drug-likeness (QED) is 0.308. The van der Waals surface area contributed by atoms with E-state index in [0.717, 1.165) is 30.5 Å². The molecule has 2 fully saturated rings. The third-order valence-electron chi connectivity index (χ3n) is 7.97. The van der Waals surface area contributed by atoms with Crippen molar-refractivity contribution in [1.82, 2.24) is 34.5 Å². The Hall–Kier alpha value is -4.64. The molecule has 2 amide bonds. The summed E-state index contributed by atoms with van der Waals surface area (Å²) in [4.78, 5) is 43.0. The minimum absolute atomic E-state index is 0.0180. The summed E-state index contributed by atoms with van der Waals surface area (Å²) in [5.74, 6) is 0.599. The molecule has 1 atom stereocenters. The van der Waals surface area contributed by atoms with Crippen LogP contribution >= 0.6 is 0 Å². The molecule has 0 spiro atoms. The van der Waals surface area contributed by atoms with Crippen LogP contribution in [0.1, 0.15) is 47.6 Å². The molecule has 42 heavy (non-hydrogen) atoms. The summed E-state index contributed by atoms with van der Waals surface area (Å²) in [7, 11) is 2.10. The molecule has 1 aliphatic carbocycles. The zero-order valence-electron chi connectivity index (χ0n) is 23.9. The second kappa shape index (κ2) is 11.7. The van der Waals surface area contributed by atoms with Crippen LogP contribution < -0.4 is 11.1 Å². The summed E-state index contributed by atoms with van der Waals surface area (Å²) in [5.41, 5.74) is 9.90. The highest BCUT2D eigenvalue weighted by Crippen LogP contribution is 2.34. The molecule has 216 valence electrons. The number of likely N-dealkylation sites (N-methyl/N-ethyl adjacent to an activating group) is 1. The first-order chi connectivity index (χ1) is 20.4. The van der Waals surface area contributed by atoms with Crippen LogP contribution in [0.5, 0.6) is 0 Å². The van der Waals surface area contributed by atoms with Crippen LogP contribution in [0.3, 0.4) is 0 Å². The Kier molecular flexibility index (Phi) is 7.66. The number of nitrogens with one attached hydrogen (secondary N) is 1. The summed E-state index contributed by atoms with van der Waals surface area (Å²) >= 11 is 0. The lowest BCUT2D eigenvalue weighted by molar-refractivity contribution is -0.127. The smallest absolute Gasteiger partial charge is 0.256 e. The van der Waals surface area contributed by atoms with E-state index in [2.05, 4.69) is 32.2 Å². The SMILES string of the molecule is Cc1ccnc(NC(=O)c2ccc(-c3nn(C4CCCN(C(=O)C=CCN(C)C5CC5)C4)c4ncnc(N)c34)cc2)c1. The normalized spacial score (nSPS) is 17.3. The van der Waals surface area contributed by atoms with Gasteiger partial charge in [-0.2, -0.15) is 5.10 Å². The zero-order chi connectivity index (χ0) is 29.2. The van der Waals surface area contributed by atoms with Crippen molar-refractivity contribution >= 4 is 34.5 Å². The van der Waals surface area contributed by atoms with Crippen molar-refractivity contribution in [2.75, 3.05) is 37.7 Å². The molecule has 3 aromatic heterocycles. The van der Waals surface area contributed by atoms with E-state index >= 15 is 0 Å². The average molecular weight is 566 g/mol. The first-order valence-electron chi connectivity index (χ1n) is 14.4. The number of pyridine rings is 1. The van der Waals surface area contributed by atoms with Gasteiger partial charge in [-0.25, -0.2) is 19.6 Å². The van der Waals surface area contributed by atoms with Crippen LogP contribution in [0.4, 0.5) is 11.6 Å². The summed E-state index contributed by atoms with van der Waals surface area (Å²) in [6.45, 7) is 3.97. The average Bonchev–Trinajstić information content (AvgIpc) is 3.77. The molecule has 0 bridgehead atoms. The van der Waals surface area contributed by atoms with Crippen molar-refractivity contribution < 1.29 is 9.59 Å². The molecule has 1 unspecified atom stereocenters. The maximum absolute atomic E-state index is 13.0. The highest BCUT2D eigenvalue weighted by Gasteiger charge is 2.29. The first kappa shape index (κ1) is 27.5. The van der Waals surface area contributed by atoms with E-state index < -0.39 is 0 Å². The molecule has 11 heteroatoms. The summed E-state index contributed by atoms with van der Waals surface area (Å²) < 4.78 is 1.89. The molecule has 2 aliphatic rings. The van der Waals surface area contributed by atoms with Gasteiger partial charge in [-0.3, -0.25) is 14.5 Å². The highest BCUT2D eigenvalue weighted by molar-refractivity contribution is 6.04. The number of benzene rings is 1. The molecule has 1 aromatic carbocycles. The number of amides is 2. The summed E-state index contributed by atoms with van der Waals surface area (Å²) in [5, 5.41) is 8.45. The van der Waals surface area contributed by atoms with E-state index in [1.165, 1.54) is 19.2 Å². The highest BCUT2D eigenvalue weighted by atomic mass is 16.2. The summed E-state index contributed by atoms with van der Waals surface area (Å²) in [6, 6.07) is 11.5. The van der Waals surface area contributed by atoms with E-state index in [4.69, 9.17) is 10.8 Å². The Morgan fingerprint density at radius 1 is 1.12 bits per heavy atom. The van der Waals surface area contributed by atoms with Crippen molar-refractivity contribution in [2.45, 2.75) is 44.7 Å². The van der Waals surface area contributed by atoms with Crippen molar-refractivity contribution in [3.05, 3.63) is 72.2 Å². The van der Waals surface area contributed by atoms with Crippen molar-refractivity contribution in [2.24, 2.45) is 0 Å². The number of nitrogen functional groups attached to an aromatic ring is 1. The monoisotopic (exact) mass is 565 g/mol. The number of carbonyl (C=O) groups excluding carboxylic acids is 2. The van der Waals surface area contributed by atoms with Gasteiger partial charge in [0.2, 0.25) is 5.91 Å². The third kappa shape index (κ3) is 5.87. The van der Waals surface area contributed by atoms with Crippen LogP contribution in [0.2, 0.25) is 0 Å². The van der Waals surface area contributed by atoms with Gasteiger partial charge in [0.1, 0.15) is 23.7 Å². The number of aromatic nitrogens is 5. The predicted octanol–water partition coefficient (Wildman–Crippen LogP) is 3.85. The van der Waals surface area contributed by atoms with Gasteiger partial charge in [-0.05, 0) is 69.5 Å². The minimum Gasteiger partial charge on any atom is -0.383 e. The van der Waals surface area contributed by atoms with E-state index in [-0.39, 0.29) is 17.9 Å². The molecule has 1 aliphatic heterocycles. The van der Waals surface area contributed by atoms with Crippen LogP contribution in [0.15, 0.2) is 61.1 Å². The fourth-order valence-electron chi connectivity index (χ4n) is 5.47. The van der Waals surface area contributed by atoms with Gasteiger partial charge in [0.05, 0.1) is 11.4 Å². The molecule has 1 saturated carbocycles. The Morgan fingerprint density at radius 2 is 1.93 bits per heavy atom. The fourth-order valence-corrected chi connectivity index (χ4v) is 5.47. The van der Waals surface area contributed by atoms with Gasteiger partial charge in [0, 0.05) is 49.1 Å². The molecule has 4 heterocycles. The van der Waals surface area contributed by atoms with Gasteiger partial charge < -0.3 is 16.0 Å². The number of hydrogen-bond acceptors (Lipinski definition) is 8. The number of fused-ring (bicyclic) bond motifs is 1. The number of anilines is 2. The number of nitrogens with two attached hydrogens (primary N) is 1. The maximum Gasteiger partial charge on any atom is 0.256 e. The molecule has 11 nitrogen and oxygen atoms in total. The molecular formula is C31H35N9O2. The molecule has 0 radical (unpaired) electrons. The Balaban J connectivity index is 1.22. The van der Waals surface area contributed by atoms with Crippen LogP contribution in [0.25, 0.3) is 22.3 Å². The van der Waals surface area contributed by atoms with E-state index in [9.17, 15) is 9.59 Å².